The van der Waals surface area contributed by atoms with Gasteiger partial charge in [0.1, 0.15) is 11.6 Å². The molecule has 106 valence electrons. The SMILES string of the molecule is CCCc1nccn1-c1cc(OC)ccc1/C(N)=N/O. The Bertz CT molecular complexity index is 619. The third-order valence-corrected chi connectivity index (χ3v) is 3.04. The van der Waals surface area contributed by atoms with Crippen molar-refractivity contribution in [2.45, 2.75) is 19.8 Å². The summed E-state index contributed by atoms with van der Waals surface area (Å²) in [6.07, 6.45) is 5.42. The molecule has 0 aliphatic carbocycles. The van der Waals surface area contributed by atoms with Gasteiger partial charge in [-0.3, -0.25) is 0 Å². The first-order chi connectivity index (χ1) is 9.71. The Balaban J connectivity index is 2.60. The van der Waals surface area contributed by atoms with Gasteiger partial charge in [0, 0.05) is 30.4 Å². The van der Waals surface area contributed by atoms with Crippen LogP contribution >= 0.6 is 0 Å². The number of hydrogen-bond acceptors (Lipinski definition) is 4. The van der Waals surface area contributed by atoms with Crippen molar-refractivity contribution in [3.63, 3.8) is 0 Å². The molecule has 6 heteroatoms. The fourth-order valence-electron chi connectivity index (χ4n) is 2.07. The van der Waals surface area contributed by atoms with Gasteiger partial charge in [0.15, 0.2) is 5.84 Å². The van der Waals surface area contributed by atoms with Crippen molar-refractivity contribution in [1.82, 2.24) is 9.55 Å². The van der Waals surface area contributed by atoms with Gasteiger partial charge in [0.2, 0.25) is 0 Å². The maximum Gasteiger partial charge on any atom is 0.172 e. The van der Waals surface area contributed by atoms with Crippen LogP contribution in [0.25, 0.3) is 5.69 Å². The highest BCUT2D eigenvalue weighted by Gasteiger charge is 2.13. The van der Waals surface area contributed by atoms with E-state index in [1.807, 2.05) is 16.8 Å². The van der Waals surface area contributed by atoms with Gasteiger partial charge in [-0.1, -0.05) is 12.1 Å². The monoisotopic (exact) mass is 274 g/mol. The smallest absolute Gasteiger partial charge is 0.172 e. The average molecular weight is 274 g/mol. The van der Waals surface area contributed by atoms with E-state index >= 15 is 0 Å². The summed E-state index contributed by atoms with van der Waals surface area (Å²) in [4.78, 5) is 4.34. The van der Waals surface area contributed by atoms with Crippen molar-refractivity contribution in [3.8, 4) is 11.4 Å². The van der Waals surface area contributed by atoms with E-state index in [-0.39, 0.29) is 5.84 Å². The number of rotatable bonds is 5. The summed E-state index contributed by atoms with van der Waals surface area (Å²) in [6.45, 7) is 2.09. The Morgan fingerprint density at radius 3 is 2.95 bits per heavy atom. The van der Waals surface area contributed by atoms with Crippen molar-refractivity contribution < 1.29 is 9.94 Å². The van der Waals surface area contributed by atoms with Crippen LogP contribution in [0.5, 0.6) is 5.75 Å². The predicted octanol–water partition coefficient (Wildman–Crippen LogP) is 1.93. The van der Waals surface area contributed by atoms with Gasteiger partial charge in [-0.25, -0.2) is 4.98 Å². The quantitative estimate of drug-likeness (QED) is 0.377. The van der Waals surface area contributed by atoms with Gasteiger partial charge < -0.3 is 20.2 Å². The zero-order chi connectivity index (χ0) is 14.5. The molecule has 1 heterocycles. The molecule has 0 radical (unpaired) electrons. The lowest BCUT2D eigenvalue weighted by atomic mass is 10.1. The largest absolute Gasteiger partial charge is 0.497 e. The van der Waals surface area contributed by atoms with Crippen LogP contribution in [0, 0.1) is 0 Å². The molecule has 0 saturated heterocycles. The summed E-state index contributed by atoms with van der Waals surface area (Å²) in [7, 11) is 1.60. The Morgan fingerprint density at radius 2 is 2.30 bits per heavy atom. The lowest BCUT2D eigenvalue weighted by molar-refractivity contribution is 0.318. The highest BCUT2D eigenvalue weighted by Crippen LogP contribution is 2.23. The molecule has 1 aromatic carbocycles. The van der Waals surface area contributed by atoms with Crippen LogP contribution in [-0.2, 0) is 6.42 Å². The number of aromatic nitrogens is 2. The lowest BCUT2D eigenvalue weighted by Crippen LogP contribution is -2.17. The molecule has 2 aromatic rings. The van der Waals surface area contributed by atoms with Crippen LogP contribution in [0.3, 0.4) is 0 Å². The summed E-state index contributed by atoms with van der Waals surface area (Å²) in [5.74, 6) is 1.68. The summed E-state index contributed by atoms with van der Waals surface area (Å²) in [5.41, 5.74) is 7.15. The van der Waals surface area contributed by atoms with E-state index in [1.165, 1.54) is 0 Å². The second-order valence-electron chi connectivity index (χ2n) is 4.33. The molecule has 0 amide bonds. The highest BCUT2D eigenvalue weighted by atomic mass is 16.5. The van der Waals surface area contributed by atoms with Crippen molar-refractivity contribution in [2.24, 2.45) is 10.9 Å². The number of amidine groups is 1. The molecule has 0 aliphatic rings. The second-order valence-corrected chi connectivity index (χ2v) is 4.33. The third kappa shape index (κ3) is 2.59. The molecule has 0 unspecified atom stereocenters. The van der Waals surface area contributed by atoms with Gasteiger partial charge in [-0.2, -0.15) is 0 Å². The molecule has 1 aromatic heterocycles. The van der Waals surface area contributed by atoms with Crippen LogP contribution in [-0.4, -0.2) is 27.7 Å². The Labute approximate surface area is 117 Å². The van der Waals surface area contributed by atoms with Crippen molar-refractivity contribution >= 4 is 5.84 Å². The standard InChI is InChI=1S/C14H18N4O2/c1-3-4-13-16-7-8-18(13)12-9-10(20-2)5-6-11(12)14(15)17-19/h5-9,19H,3-4H2,1-2H3,(H2,15,17). The van der Waals surface area contributed by atoms with Crippen molar-refractivity contribution in [3.05, 3.63) is 42.0 Å². The first-order valence-electron chi connectivity index (χ1n) is 6.39. The normalized spacial score (nSPS) is 11.6. The fraction of sp³-hybridized carbons (Fsp3) is 0.286. The Kier molecular flexibility index (Phi) is 4.24. The molecule has 3 N–H and O–H groups in total. The van der Waals surface area contributed by atoms with Gasteiger partial charge in [0.25, 0.3) is 0 Å². The van der Waals surface area contributed by atoms with Crippen LogP contribution in [0.2, 0.25) is 0 Å². The number of methoxy groups -OCH3 is 1. The zero-order valence-electron chi connectivity index (χ0n) is 11.6. The summed E-state index contributed by atoms with van der Waals surface area (Å²) >= 11 is 0. The molecule has 0 aliphatic heterocycles. The van der Waals surface area contributed by atoms with Gasteiger partial charge in [-0.15, -0.1) is 0 Å². The minimum atomic E-state index is 0.0544. The number of oxime groups is 1. The molecule has 0 atom stereocenters. The number of ether oxygens (including phenoxy) is 1. The Morgan fingerprint density at radius 1 is 1.50 bits per heavy atom. The molecule has 0 saturated carbocycles. The number of hydrogen-bond donors (Lipinski definition) is 2. The molecular weight excluding hydrogens is 256 g/mol. The van der Waals surface area contributed by atoms with Gasteiger partial charge in [0.05, 0.1) is 12.8 Å². The molecule has 6 nitrogen and oxygen atoms in total. The molecule has 2 rings (SSSR count). The van der Waals surface area contributed by atoms with Crippen LogP contribution in [0.4, 0.5) is 0 Å². The Hall–Kier alpha value is -2.50. The number of aryl methyl sites for hydroxylation is 1. The highest BCUT2D eigenvalue weighted by molar-refractivity contribution is 6.00. The number of nitrogens with two attached hydrogens (primary N) is 1. The predicted molar refractivity (Wildman–Crippen MR) is 76.6 cm³/mol. The van der Waals surface area contributed by atoms with E-state index in [0.29, 0.717) is 11.3 Å². The first-order valence-corrected chi connectivity index (χ1v) is 6.39. The second kappa shape index (κ2) is 6.10. The molecule has 0 fully saturated rings. The van der Waals surface area contributed by atoms with Crippen LogP contribution < -0.4 is 10.5 Å². The van der Waals surface area contributed by atoms with Crippen molar-refractivity contribution in [1.29, 1.82) is 0 Å². The van der Waals surface area contributed by atoms with E-state index in [2.05, 4.69) is 17.1 Å². The van der Waals surface area contributed by atoms with Crippen LogP contribution in [0.15, 0.2) is 35.7 Å². The van der Waals surface area contributed by atoms with E-state index in [1.54, 1.807) is 25.4 Å². The maximum absolute atomic E-state index is 8.92. The maximum atomic E-state index is 8.92. The summed E-state index contributed by atoms with van der Waals surface area (Å²) in [6, 6.07) is 5.38. The summed E-state index contributed by atoms with van der Waals surface area (Å²) < 4.78 is 7.17. The zero-order valence-corrected chi connectivity index (χ0v) is 11.6. The van der Waals surface area contributed by atoms with Gasteiger partial charge >= 0.3 is 0 Å². The summed E-state index contributed by atoms with van der Waals surface area (Å²) in [5, 5.41) is 12.0. The van der Waals surface area contributed by atoms with E-state index in [4.69, 9.17) is 15.7 Å². The van der Waals surface area contributed by atoms with E-state index in [9.17, 15) is 0 Å². The first kappa shape index (κ1) is 13.9. The third-order valence-electron chi connectivity index (χ3n) is 3.04. The molecule has 20 heavy (non-hydrogen) atoms. The van der Waals surface area contributed by atoms with Gasteiger partial charge in [-0.05, 0) is 18.6 Å². The van der Waals surface area contributed by atoms with E-state index in [0.717, 1.165) is 24.4 Å². The number of benzene rings is 1. The topological polar surface area (TPSA) is 85.7 Å². The number of nitrogens with zero attached hydrogens (tertiary/aromatic N) is 3. The van der Waals surface area contributed by atoms with Crippen molar-refractivity contribution in [2.75, 3.05) is 7.11 Å². The minimum absolute atomic E-state index is 0.0544. The number of imidazole rings is 1. The lowest BCUT2D eigenvalue weighted by Gasteiger charge is -2.13. The molecular formula is C14H18N4O2. The fourth-order valence-corrected chi connectivity index (χ4v) is 2.07. The molecule has 0 spiro atoms. The van der Waals surface area contributed by atoms with Crippen LogP contribution in [0.1, 0.15) is 24.7 Å². The minimum Gasteiger partial charge on any atom is -0.497 e. The average Bonchev–Trinajstić information content (AvgIpc) is 2.94. The molecule has 0 bridgehead atoms. The van der Waals surface area contributed by atoms with E-state index < -0.39 is 0 Å².